The minimum atomic E-state index is -2.09. The van der Waals surface area contributed by atoms with Gasteiger partial charge in [0.05, 0.1) is 59.9 Å². The Morgan fingerprint density at radius 3 is 0.806 bits per heavy atom. The Balaban J connectivity index is -0.000000115. The monoisotopic (exact) mass is 1750 g/mol. The molecule has 0 aromatic carbocycles. The maximum absolute atomic E-state index is 12.2. The first kappa shape index (κ1) is 119. The number of nitrogens with zero attached hydrogens (tertiary/aromatic N) is 7. The van der Waals surface area contributed by atoms with Gasteiger partial charge in [-0.05, 0) is 65.3 Å². The summed E-state index contributed by atoms with van der Waals surface area (Å²) in [5, 5.41) is 50.5. The summed E-state index contributed by atoms with van der Waals surface area (Å²) >= 11 is 0. The molecular formula is C64H145N10O12P2Y5-5. The Morgan fingerprint density at radius 1 is 0.333 bits per heavy atom. The van der Waals surface area contributed by atoms with E-state index < -0.39 is 14.3 Å². The number of hydrogen-bond donors (Lipinski definition) is 5. The Bertz CT molecular complexity index is 1360. The van der Waals surface area contributed by atoms with Gasteiger partial charge >= 0.3 is 0 Å². The number of aliphatic hydroxyl groups is 2. The molecule has 553 valence electrons. The van der Waals surface area contributed by atoms with Crippen LogP contribution >= 0.6 is 14.3 Å². The largest absolute Gasteiger partial charge is 0.659 e. The van der Waals surface area contributed by atoms with E-state index in [0.717, 1.165) is 136 Å². The molecule has 0 aliphatic carbocycles. The van der Waals surface area contributed by atoms with Gasteiger partial charge in [0.15, 0.2) is 0 Å². The van der Waals surface area contributed by atoms with Gasteiger partial charge in [-0.1, -0.05) is 101 Å². The smallest absolute Gasteiger partial charge is 0.0951 e. The van der Waals surface area contributed by atoms with Crippen LogP contribution < -0.4 is 16.0 Å². The average molecular weight is 1750 g/mol. The summed E-state index contributed by atoms with van der Waals surface area (Å²) in [7, 11) is 9.63. The van der Waals surface area contributed by atoms with Crippen molar-refractivity contribution in [3.8, 4) is 0 Å². The van der Waals surface area contributed by atoms with Crippen molar-refractivity contribution < 1.29 is 221 Å². The zero-order valence-corrected chi connectivity index (χ0v) is 79.8. The van der Waals surface area contributed by atoms with Crippen molar-refractivity contribution in [2.24, 2.45) is 0 Å². The molecule has 29 heteroatoms. The van der Waals surface area contributed by atoms with Gasteiger partial charge in [0, 0.05) is 310 Å². The molecule has 0 aromatic heterocycles. The summed E-state index contributed by atoms with van der Waals surface area (Å²) in [6.45, 7) is 42.7. The van der Waals surface area contributed by atoms with Crippen LogP contribution in [0.5, 0.6) is 0 Å². The third-order valence-electron chi connectivity index (χ3n) is 14.5. The molecule has 5 N–H and O–H groups in total. The fourth-order valence-corrected chi connectivity index (χ4v) is 11.4. The van der Waals surface area contributed by atoms with E-state index in [1.165, 1.54) is 0 Å². The fraction of sp³-hybridized carbons (Fsp3) is 1.00. The standard InChI is InChI=1S/C15H35N2O3P.C15H34N2O3P.C12H28N2O2.C12H26N2O2.C10H22N2O2.5Y/c2*1-7-14(11-19-3)16-9-10-17(13-21(5,6)18)15(8-2)12-20-4;2*1-5-11(9-15-3)13-7-8-14-12(6-2)10-16-4;1-3-9(7-13)11-5-6-12-10(4-2)8-14;;;;;/h14-16H,7-13H2,1-6H3;14-15H,7-13H2,1-6H3;11-14H,5-10H2,1-4H3;11-12H,5-10H2,1-4H3;9-10,13-14H,3-8H2,1-2H3;;;;;/q;-1;;2*-2;;;;;/t2*14-,15-;2*11-,12-;9-,10-;;;;;/m00000...../s1. The van der Waals surface area contributed by atoms with E-state index in [4.69, 9.17) is 48.1 Å². The van der Waals surface area contributed by atoms with Crippen LogP contribution in [0.3, 0.4) is 0 Å². The molecule has 0 amide bonds. The van der Waals surface area contributed by atoms with Crippen LogP contribution in [0.4, 0.5) is 0 Å². The molecule has 0 rings (SSSR count). The van der Waals surface area contributed by atoms with Gasteiger partial charge in [-0.3, -0.25) is 9.80 Å². The van der Waals surface area contributed by atoms with Crippen molar-refractivity contribution in [3.05, 3.63) is 26.6 Å². The summed E-state index contributed by atoms with van der Waals surface area (Å²) < 4.78 is 65.8. The number of methoxy groups -OCH3 is 8. The Labute approximate surface area is 700 Å². The van der Waals surface area contributed by atoms with Crippen LogP contribution in [0, 0.1) is 0 Å². The van der Waals surface area contributed by atoms with Crippen molar-refractivity contribution in [3.63, 3.8) is 0 Å². The van der Waals surface area contributed by atoms with E-state index in [2.05, 4.69) is 108 Å². The topological polar surface area (TPSA) is 262 Å². The van der Waals surface area contributed by atoms with Gasteiger partial charge in [-0.2, -0.15) is 26.2 Å². The SMILES string of the molecule is CC[C@@H](CO)[N-]CC[N-][C@@H](CC)CO.CC[C@@H](COC)NCCN(CP(C)(C)=O)[C@@H](CC)COC.CC[C@@H](COC)NCCN[C@@H](CC)COC.CC[C@@H](COC)[N-]CCN(CP(C)(C)=O)[C@@H](CC)COC.CC[C@@H](COC)[N-]CC[N-][C@@H](CC)COC.[Y].[Y].[Y].[Y].[Y]. The van der Waals surface area contributed by atoms with Gasteiger partial charge < -0.3 is 99.8 Å². The van der Waals surface area contributed by atoms with Crippen molar-refractivity contribution in [1.29, 1.82) is 0 Å². The van der Waals surface area contributed by atoms with Crippen LogP contribution in [-0.4, -0.2) is 308 Å². The Hall–Kier alpha value is 5.18. The summed E-state index contributed by atoms with van der Waals surface area (Å²) in [5.41, 5.74) is 0. The molecule has 0 spiro atoms. The third kappa shape index (κ3) is 81.1. The maximum atomic E-state index is 12.2. The number of ether oxygens (including phenoxy) is 8. The van der Waals surface area contributed by atoms with E-state index in [1.807, 2.05) is 40.5 Å². The first-order chi connectivity index (χ1) is 42.1. The van der Waals surface area contributed by atoms with E-state index in [0.29, 0.717) is 101 Å². The normalized spacial score (nSPS) is 14.4. The molecular weight excluding hydrogens is 1610 g/mol. The molecule has 0 saturated heterocycles. The molecule has 0 aliphatic rings. The minimum absolute atomic E-state index is 0. The molecule has 22 nitrogen and oxygen atoms in total. The van der Waals surface area contributed by atoms with Crippen LogP contribution in [0.15, 0.2) is 0 Å². The second-order valence-corrected chi connectivity index (χ2v) is 30.1. The first-order valence-corrected chi connectivity index (χ1v) is 38.9. The van der Waals surface area contributed by atoms with Gasteiger partial charge in [0.2, 0.25) is 0 Å². The molecule has 10 atom stereocenters. The first-order valence-electron chi connectivity index (χ1n) is 33.3. The van der Waals surface area contributed by atoms with Crippen LogP contribution in [0.2, 0.25) is 0 Å². The minimum Gasteiger partial charge on any atom is -0.659 e. The molecule has 5 radical (unpaired) electrons. The Morgan fingerprint density at radius 2 is 0.581 bits per heavy atom. The molecule has 0 heterocycles. The molecule has 0 bridgehead atoms. The fourth-order valence-electron chi connectivity index (χ4n) is 8.93. The Kier molecular flexibility index (Phi) is 113. The summed E-state index contributed by atoms with van der Waals surface area (Å²) in [4.78, 5) is 4.57. The van der Waals surface area contributed by atoms with Gasteiger partial charge in [-0.25, -0.2) is 0 Å². The van der Waals surface area contributed by atoms with E-state index in [-0.39, 0.29) is 195 Å². The maximum Gasteiger partial charge on any atom is 0.0951 e. The molecule has 93 heavy (non-hydrogen) atoms. The second-order valence-electron chi connectivity index (χ2n) is 23.2. The number of rotatable bonds is 57. The van der Waals surface area contributed by atoms with Gasteiger partial charge in [0.1, 0.15) is 0 Å². The van der Waals surface area contributed by atoms with Crippen LogP contribution in [0.25, 0.3) is 26.6 Å². The molecule has 0 aromatic rings. The molecule has 0 aliphatic heterocycles. The van der Waals surface area contributed by atoms with E-state index >= 15 is 0 Å². The van der Waals surface area contributed by atoms with Gasteiger partial charge in [-0.15, -0.1) is 36.8 Å². The zero-order chi connectivity index (χ0) is 67.9. The third-order valence-corrected chi connectivity index (χ3v) is 16.6. The van der Waals surface area contributed by atoms with E-state index in [9.17, 15) is 9.13 Å². The number of aliphatic hydroxyl groups excluding tert-OH is 2. The molecule has 0 saturated carbocycles. The van der Waals surface area contributed by atoms with Crippen molar-refractivity contribution >= 4 is 14.3 Å². The molecule has 0 fully saturated rings. The average Bonchev–Trinajstić information content (AvgIpc) is 2.25. The number of hydrogen-bond acceptors (Lipinski definition) is 17. The second kappa shape index (κ2) is 87.8. The van der Waals surface area contributed by atoms with Crippen molar-refractivity contribution in [1.82, 2.24) is 25.8 Å². The van der Waals surface area contributed by atoms with Crippen LogP contribution in [-0.2, 0) is 211 Å². The predicted molar refractivity (Wildman–Crippen MR) is 377 cm³/mol. The van der Waals surface area contributed by atoms with E-state index in [1.54, 1.807) is 56.9 Å². The molecule has 0 unspecified atom stereocenters. The van der Waals surface area contributed by atoms with Crippen molar-refractivity contribution in [2.45, 2.75) is 194 Å². The summed E-state index contributed by atoms with van der Waals surface area (Å²) in [6, 6.07) is 2.96. The van der Waals surface area contributed by atoms with Crippen LogP contribution in [0.1, 0.15) is 133 Å². The van der Waals surface area contributed by atoms with Crippen molar-refractivity contribution in [2.75, 3.05) is 228 Å². The number of nitrogens with one attached hydrogen (secondary N) is 3. The summed E-state index contributed by atoms with van der Waals surface area (Å²) in [5.74, 6) is 0. The predicted octanol–water partition coefficient (Wildman–Crippen LogP) is 10.3. The quantitative estimate of drug-likeness (QED) is 0.0280. The summed E-state index contributed by atoms with van der Waals surface area (Å²) in [6.07, 6.45) is 11.3. The zero-order valence-electron chi connectivity index (χ0n) is 63.8. The van der Waals surface area contributed by atoms with Gasteiger partial charge in [0.25, 0.3) is 0 Å².